The summed E-state index contributed by atoms with van der Waals surface area (Å²) in [5.74, 6) is -0.339. The number of amides is 2. The molecule has 0 aromatic heterocycles. The molecule has 4 heteroatoms. The van der Waals surface area contributed by atoms with Gasteiger partial charge in [-0.05, 0) is 24.7 Å². The summed E-state index contributed by atoms with van der Waals surface area (Å²) in [6.45, 7) is 5.95. The lowest BCUT2D eigenvalue weighted by molar-refractivity contribution is -0.147. The van der Waals surface area contributed by atoms with Gasteiger partial charge in [-0.2, -0.15) is 0 Å². The van der Waals surface area contributed by atoms with Gasteiger partial charge in [0.15, 0.2) is 0 Å². The third-order valence-electron chi connectivity index (χ3n) is 4.24. The highest BCUT2D eigenvalue weighted by Crippen LogP contribution is 2.41. The fourth-order valence-electron chi connectivity index (χ4n) is 2.99. The first kappa shape index (κ1) is 12.6. The Morgan fingerprint density at radius 3 is 2.53 bits per heavy atom. The highest BCUT2D eigenvalue weighted by molar-refractivity contribution is 6.03. The van der Waals surface area contributed by atoms with E-state index in [0.29, 0.717) is 12.8 Å². The minimum absolute atomic E-state index is 0.0674. The number of hydrogen-bond acceptors (Lipinski definition) is 3. The monoisotopic (exact) mass is 239 g/mol. The second kappa shape index (κ2) is 4.09. The molecule has 1 aliphatic carbocycles. The Hall–Kier alpha value is -0.900. The SMILES string of the molecule is CC1CC(=O)N(C2CC(O)CCC2(C)C)C1=O. The third-order valence-corrected chi connectivity index (χ3v) is 4.24. The lowest BCUT2D eigenvalue weighted by Gasteiger charge is -2.44. The van der Waals surface area contributed by atoms with Crippen LogP contribution in [0.25, 0.3) is 0 Å². The highest BCUT2D eigenvalue weighted by Gasteiger charge is 2.47. The summed E-state index contributed by atoms with van der Waals surface area (Å²) >= 11 is 0. The van der Waals surface area contributed by atoms with Gasteiger partial charge in [-0.15, -0.1) is 0 Å². The van der Waals surface area contributed by atoms with Crippen molar-refractivity contribution in [1.29, 1.82) is 0 Å². The molecule has 2 aliphatic rings. The number of nitrogens with zero attached hydrogens (tertiary/aromatic N) is 1. The van der Waals surface area contributed by atoms with Gasteiger partial charge >= 0.3 is 0 Å². The van der Waals surface area contributed by atoms with E-state index in [2.05, 4.69) is 13.8 Å². The summed E-state index contributed by atoms with van der Waals surface area (Å²) in [6, 6.07) is -0.142. The molecule has 3 atom stereocenters. The molecule has 0 spiro atoms. The molecule has 4 nitrogen and oxygen atoms in total. The van der Waals surface area contributed by atoms with Gasteiger partial charge < -0.3 is 5.11 Å². The van der Waals surface area contributed by atoms with Crippen LogP contribution in [0, 0.1) is 11.3 Å². The third kappa shape index (κ3) is 2.10. The molecule has 0 aromatic rings. The Bertz CT molecular complexity index is 351. The Kier molecular flexibility index (Phi) is 3.02. The maximum atomic E-state index is 12.0. The van der Waals surface area contributed by atoms with Crippen LogP contribution in [0.5, 0.6) is 0 Å². The average Bonchev–Trinajstić information content (AvgIpc) is 2.46. The number of carbonyl (C=O) groups excluding carboxylic acids is 2. The topological polar surface area (TPSA) is 57.6 Å². The van der Waals surface area contributed by atoms with Crippen LogP contribution in [-0.2, 0) is 9.59 Å². The molecule has 17 heavy (non-hydrogen) atoms. The summed E-state index contributed by atoms with van der Waals surface area (Å²) < 4.78 is 0. The molecule has 1 saturated carbocycles. The van der Waals surface area contributed by atoms with E-state index in [1.165, 1.54) is 4.90 Å². The maximum Gasteiger partial charge on any atom is 0.232 e. The number of aliphatic hydroxyl groups is 1. The molecule has 3 unspecified atom stereocenters. The standard InChI is InChI=1S/C13H21NO3/c1-8-6-11(16)14(12(8)17)10-7-9(15)4-5-13(10,2)3/h8-10,15H,4-7H2,1-3H3. The molecule has 1 saturated heterocycles. The number of imide groups is 1. The van der Waals surface area contributed by atoms with E-state index < -0.39 is 0 Å². The number of aliphatic hydroxyl groups excluding tert-OH is 1. The van der Waals surface area contributed by atoms with Gasteiger partial charge in [0.1, 0.15) is 0 Å². The Morgan fingerprint density at radius 2 is 2.00 bits per heavy atom. The molecule has 0 aromatic carbocycles. The average molecular weight is 239 g/mol. The van der Waals surface area contributed by atoms with Gasteiger partial charge in [-0.25, -0.2) is 0 Å². The molecule has 1 heterocycles. The van der Waals surface area contributed by atoms with Crippen LogP contribution in [0.15, 0.2) is 0 Å². The Morgan fingerprint density at radius 1 is 1.35 bits per heavy atom. The largest absolute Gasteiger partial charge is 0.393 e. The van der Waals surface area contributed by atoms with Crippen LogP contribution in [-0.4, -0.2) is 34.0 Å². The second-order valence-corrected chi connectivity index (χ2v) is 6.14. The molecule has 0 bridgehead atoms. The predicted molar refractivity (Wildman–Crippen MR) is 63.1 cm³/mol. The van der Waals surface area contributed by atoms with Gasteiger partial charge in [-0.1, -0.05) is 20.8 Å². The summed E-state index contributed by atoms with van der Waals surface area (Å²) in [6.07, 6.45) is 2.07. The first-order chi connectivity index (χ1) is 7.83. The van der Waals surface area contributed by atoms with Gasteiger partial charge in [0.05, 0.1) is 6.10 Å². The smallest absolute Gasteiger partial charge is 0.232 e. The first-order valence-electron chi connectivity index (χ1n) is 6.37. The van der Waals surface area contributed by atoms with Crippen molar-refractivity contribution in [3.05, 3.63) is 0 Å². The molecule has 2 rings (SSSR count). The van der Waals surface area contributed by atoms with E-state index in [0.717, 1.165) is 12.8 Å². The number of rotatable bonds is 1. The number of hydrogen-bond donors (Lipinski definition) is 1. The second-order valence-electron chi connectivity index (χ2n) is 6.14. The molecule has 2 amide bonds. The van der Waals surface area contributed by atoms with Crippen LogP contribution in [0.3, 0.4) is 0 Å². The van der Waals surface area contributed by atoms with Crippen molar-refractivity contribution < 1.29 is 14.7 Å². The van der Waals surface area contributed by atoms with Gasteiger partial charge in [-0.3, -0.25) is 14.5 Å². The van der Waals surface area contributed by atoms with Crippen LogP contribution < -0.4 is 0 Å². The van der Waals surface area contributed by atoms with E-state index in [-0.39, 0.29) is 35.3 Å². The fraction of sp³-hybridized carbons (Fsp3) is 0.846. The van der Waals surface area contributed by atoms with Crippen LogP contribution in [0.4, 0.5) is 0 Å². The van der Waals surface area contributed by atoms with Gasteiger partial charge in [0.25, 0.3) is 0 Å². The lowest BCUT2D eigenvalue weighted by Crippen LogP contribution is -2.52. The fourth-order valence-corrected chi connectivity index (χ4v) is 2.99. The van der Waals surface area contributed by atoms with Gasteiger partial charge in [0, 0.05) is 18.4 Å². The molecule has 2 fully saturated rings. The lowest BCUT2D eigenvalue weighted by atomic mass is 9.71. The van der Waals surface area contributed by atoms with E-state index in [4.69, 9.17) is 0 Å². The molecule has 1 aliphatic heterocycles. The first-order valence-corrected chi connectivity index (χ1v) is 6.37. The van der Waals surface area contributed by atoms with Crippen LogP contribution in [0.1, 0.15) is 46.5 Å². The quantitative estimate of drug-likeness (QED) is 0.702. The molecular weight excluding hydrogens is 218 g/mol. The van der Waals surface area contributed by atoms with Gasteiger partial charge in [0.2, 0.25) is 11.8 Å². The maximum absolute atomic E-state index is 12.0. The normalized spacial score (nSPS) is 37.6. The summed E-state index contributed by atoms with van der Waals surface area (Å²) in [5, 5.41) is 9.76. The van der Waals surface area contributed by atoms with Crippen molar-refractivity contribution in [2.45, 2.75) is 58.6 Å². The number of carbonyl (C=O) groups is 2. The molecule has 96 valence electrons. The molecule has 0 radical (unpaired) electrons. The van der Waals surface area contributed by atoms with E-state index in [9.17, 15) is 14.7 Å². The highest BCUT2D eigenvalue weighted by atomic mass is 16.3. The van der Waals surface area contributed by atoms with Crippen molar-refractivity contribution in [3.8, 4) is 0 Å². The molecule has 1 N–H and O–H groups in total. The zero-order valence-corrected chi connectivity index (χ0v) is 10.8. The van der Waals surface area contributed by atoms with E-state index in [1.807, 2.05) is 0 Å². The van der Waals surface area contributed by atoms with Crippen molar-refractivity contribution in [3.63, 3.8) is 0 Å². The summed E-state index contributed by atoms with van der Waals surface area (Å²) in [7, 11) is 0. The minimum Gasteiger partial charge on any atom is -0.393 e. The predicted octanol–water partition coefficient (Wildman–Crippen LogP) is 1.32. The number of likely N-dealkylation sites (tertiary alicyclic amines) is 1. The van der Waals surface area contributed by atoms with Crippen LogP contribution in [0.2, 0.25) is 0 Å². The summed E-state index contributed by atoms with van der Waals surface area (Å²) in [4.78, 5) is 25.4. The Labute approximate surface area is 102 Å². The summed E-state index contributed by atoms with van der Waals surface area (Å²) in [5.41, 5.74) is -0.0887. The van der Waals surface area contributed by atoms with Crippen molar-refractivity contribution in [2.24, 2.45) is 11.3 Å². The Balaban J connectivity index is 2.25. The zero-order chi connectivity index (χ0) is 12.8. The van der Waals surface area contributed by atoms with E-state index >= 15 is 0 Å². The van der Waals surface area contributed by atoms with Crippen molar-refractivity contribution in [1.82, 2.24) is 4.90 Å². The molecular formula is C13H21NO3. The minimum atomic E-state index is -0.385. The van der Waals surface area contributed by atoms with Crippen molar-refractivity contribution in [2.75, 3.05) is 0 Å². The van der Waals surface area contributed by atoms with Crippen molar-refractivity contribution >= 4 is 11.8 Å². The van der Waals surface area contributed by atoms with Crippen LogP contribution >= 0.6 is 0 Å². The zero-order valence-electron chi connectivity index (χ0n) is 10.8. The van der Waals surface area contributed by atoms with E-state index in [1.54, 1.807) is 6.92 Å².